The zero-order chi connectivity index (χ0) is 13.1. The third kappa shape index (κ3) is 2.88. The maximum absolute atomic E-state index is 9.39. The third-order valence-corrected chi connectivity index (χ3v) is 3.28. The predicted octanol–water partition coefficient (Wildman–Crippen LogP) is 2.31. The molecule has 5 heteroatoms. The number of nitrogens with zero attached hydrogens (tertiary/aromatic N) is 2. The van der Waals surface area contributed by atoms with Crippen molar-refractivity contribution in [3.05, 3.63) is 36.7 Å². The summed E-state index contributed by atoms with van der Waals surface area (Å²) in [7, 11) is 0. The van der Waals surface area contributed by atoms with Gasteiger partial charge in [-0.3, -0.25) is 4.68 Å². The summed E-state index contributed by atoms with van der Waals surface area (Å²) in [4.78, 5) is 0. The van der Waals surface area contributed by atoms with Crippen LogP contribution in [0.1, 0.15) is 18.9 Å². The lowest BCUT2D eigenvalue weighted by Crippen LogP contribution is -2.31. The van der Waals surface area contributed by atoms with Gasteiger partial charge >= 0.3 is 0 Å². The molecule has 0 bridgehead atoms. The minimum atomic E-state index is 0.196. The second kappa shape index (κ2) is 5.32. The Labute approximate surface area is 111 Å². The van der Waals surface area contributed by atoms with Crippen LogP contribution < -0.4 is 10.1 Å². The number of hydrogen-bond acceptors (Lipinski definition) is 4. The smallest absolute Gasteiger partial charge is 0.165 e. The molecule has 1 aliphatic rings. The molecule has 2 N–H and O–H groups in total. The summed E-state index contributed by atoms with van der Waals surface area (Å²) < 4.78 is 7.62. The largest absolute Gasteiger partial charge is 0.508 e. The van der Waals surface area contributed by atoms with E-state index in [1.165, 1.54) is 6.42 Å². The van der Waals surface area contributed by atoms with E-state index in [9.17, 15) is 5.11 Å². The van der Waals surface area contributed by atoms with Gasteiger partial charge in [-0.05, 0) is 31.5 Å². The average Bonchev–Trinajstić information content (AvgIpc) is 2.88. The molecule has 1 aromatic carbocycles. The highest BCUT2D eigenvalue weighted by molar-refractivity contribution is 5.34. The number of phenolic OH excluding ortho intramolecular Hbond substituents is 1. The van der Waals surface area contributed by atoms with Gasteiger partial charge in [0.1, 0.15) is 11.5 Å². The molecular weight excluding hydrogens is 242 g/mol. The highest BCUT2D eigenvalue weighted by atomic mass is 16.5. The Morgan fingerprint density at radius 3 is 3.11 bits per heavy atom. The van der Waals surface area contributed by atoms with E-state index in [-0.39, 0.29) is 5.75 Å². The Balaban J connectivity index is 1.70. The molecule has 0 radical (unpaired) electrons. The van der Waals surface area contributed by atoms with Crippen molar-refractivity contribution in [1.29, 1.82) is 0 Å². The molecule has 0 spiro atoms. The molecule has 2 heterocycles. The van der Waals surface area contributed by atoms with Gasteiger partial charge in [-0.2, -0.15) is 5.10 Å². The normalized spacial score (nSPS) is 19.3. The fraction of sp³-hybridized carbons (Fsp3) is 0.357. The van der Waals surface area contributed by atoms with Gasteiger partial charge in [0.25, 0.3) is 0 Å². The average molecular weight is 259 g/mol. The monoisotopic (exact) mass is 259 g/mol. The van der Waals surface area contributed by atoms with Crippen LogP contribution in [0.5, 0.6) is 17.2 Å². The number of aromatic nitrogens is 2. The highest BCUT2D eigenvalue weighted by Crippen LogP contribution is 2.25. The van der Waals surface area contributed by atoms with Crippen molar-refractivity contribution in [2.45, 2.75) is 18.9 Å². The first kappa shape index (κ1) is 12.0. The van der Waals surface area contributed by atoms with Gasteiger partial charge in [-0.15, -0.1) is 0 Å². The number of hydrogen-bond donors (Lipinski definition) is 2. The second-order valence-corrected chi connectivity index (χ2v) is 4.76. The van der Waals surface area contributed by atoms with E-state index >= 15 is 0 Å². The summed E-state index contributed by atoms with van der Waals surface area (Å²) in [5.41, 5.74) is 0. The van der Waals surface area contributed by atoms with Crippen molar-refractivity contribution in [3.63, 3.8) is 0 Å². The quantitative estimate of drug-likeness (QED) is 0.888. The van der Waals surface area contributed by atoms with Crippen LogP contribution in [-0.2, 0) is 0 Å². The van der Waals surface area contributed by atoms with Gasteiger partial charge in [-0.25, -0.2) is 0 Å². The van der Waals surface area contributed by atoms with E-state index in [4.69, 9.17) is 4.74 Å². The first-order chi connectivity index (χ1) is 9.31. The van der Waals surface area contributed by atoms with Crippen molar-refractivity contribution in [3.8, 4) is 17.2 Å². The molecule has 0 aliphatic carbocycles. The van der Waals surface area contributed by atoms with Crippen LogP contribution in [0.4, 0.5) is 0 Å². The summed E-state index contributed by atoms with van der Waals surface area (Å²) >= 11 is 0. The summed E-state index contributed by atoms with van der Waals surface area (Å²) in [5.74, 6) is 1.50. The number of phenols is 1. The lowest BCUT2D eigenvalue weighted by atomic mass is 10.1. The maximum atomic E-state index is 9.39. The zero-order valence-electron chi connectivity index (χ0n) is 10.6. The summed E-state index contributed by atoms with van der Waals surface area (Å²) in [6.45, 7) is 2.04. The predicted molar refractivity (Wildman–Crippen MR) is 71.5 cm³/mol. The second-order valence-electron chi connectivity index (χ2n) is 4.76. The first-order valence-electron chi connectivity index (χ1n) is 6.53. The van der Waals surface area contributed by atoms with E-state index < -0.39 is 0 Å². The molecule has 1 aliphatic heterocycles. The third-order valence-electron chi connectivity index (χ3n) is 3.28. The Kier molecular flexibility index (Phi) is 3.37. The number of aromatic hydroxyl groups is 1. The fourth-order valence-electron chi connectivity index (χ4n) is 2.32. The molecule has 1 aromatic heterocycles. The standard InChI is InChI=1S/C14H17N3O2/c18-12-4-1-5-13(7-12)19-14-9-16-17(10-14)11-3-2-6-15-8-11/h1,4-5,7,9-11,15,18H,2-3,6,8H2. The molecule has 0 saturated carbocycles. The van der Waals surface area contributed by atoms with E-state index in [0.29, 0.717) is 17.5 Å². The minimum absolute atomic E-state index is 0.196. The van der Waals surface area contributed by atoms with E-state index in [1.54, 1.807) is 30.5 Å². The van der Waals surface area contributed by atoms with Crippen LogP contribution in [-0.4, -0.2) is 28.0 Å². The Bertz CT molecular complexity index is 547. The van der Waals surface area contributed by atoms with Crippen molar-refractivity contribution < 1.29 is 9.84 Å². The van der Waals surface area contributed by atoms with Gasteiger partial charge in [0, 0.05) is 12.6 Å². The van der Waals surface area contributed by atoms with Crippen molar-refractivity contribution in [1.82, 2.24) is 15.1 Å². The van der Waals surface area contributed by atoms with Crippen LogP contribution in [0.2, 0.25) is 0 Å². The molecule has 0 amide bonds. The number of rotatable bonds is 3. The van der Waals surface area contributed by atoms with Crippen LogP contribution in [0, 0.1) is 0 Å². The van der Waals surface area contributed by atoms with Gasteiger partial charge in [0.05, 0.1) is 18.4 Å². The summed E-state index contributed by atoms with van der Waals surface area (Å²) in [6, 6.07) is 7.15. The summed E-state index contributed by atoms with van der Waals surface area (Å²) in [5, 5.41) is 17.1. The molecule has 3 rings (SSSR count). The lowest BCUT2D eigenvalue weighted by molar-refractivity contribution is 0.345. The molecule has 1 atom stereocenters. The highest BCUT2D eigenvalue weighted by Gasteiger charge is 2.16. The van der Waals surface area contributed by atoms with Gasteiger partial charge < -0.3 is 15.2 Å². The lowest BCUT2D eigenvalue weighted by Gasteiger charge is -2.22. The molecule has 100 valence electrons. The van der Waals surface area contributed by atoms with E-state index in [0.717, 1.165) is 19.5 Å². The Morgan fingerprint density at radius 1 is 1.37 bits per heavy atom. The molecule has 2 aromatic rings. The van der Waals surface area contributed by atoms with E-state index in [1.807, 2.05) is 10.9 Å². The van der Waals surface area contributed by atoms with E-state index in [2.05, 4.69) is 10.4 Å². The first-order valence-corrected chi connectivity index (χ1v) is 6.53. The van der Waals surface area contributed by atoms with Gasteiger partial charge in [0.2, 0.25) is 0 Å². The van der Waals surface area contributed by atoms with Gasteiger partial charge in [-0.1, -0.05) is 6.07 Å². The molecule has 1 saturated heterocycles. The summed E-state index contributed by atoms with van der Waals surface area (Å²) in [6.07, 6.45) is 5.92. The number of benzene rings is 1. The van der Waals surface area contributed by atoms with Crippen LogP contribution in [0.15, 0.2) is 36.7 Å². The fourth-order valence-corrected chi connectivity index (χ4v) is 2.32. The number of nitrogens with one attached hydrogen (secondary N) is 1. The van der Waals surface area contributed by atoms with Crippen molar-refractivity contribution in [2.75, 3.05) is 13.1 Å². The Morgan fingerprint density at radius 2 is 2.32 bits per heavy atom. The van der Waals surface area contributed by atoms with Crippen molar-refractivity contribution in [2.24, 2.45) is 0 Å². The molecule has 1 unspecified atom stereocenters. The SMILES string of the molecule is Oc1cccc(Oc2cnn(C3CCCNC3)c2)c1. The van der Waals surface area contributed by atoms with Crippen LogP contribution >= 0.6 is 0 Å². The maximum Gasteiger partial charge on any atom is 0.165 e. The topological polar surface area (TPSA) is 59.3 Å². The van der Waals surface area contributed by atoms with Crippen LogP contribution in [0.3, 0.4) is 0 Å². The molecule has 5 nitrogen and oxygen atoms in total. The van der Waals surface area contributed by atoms with Gasteiger partial charge in [0.15, 0.2) is 5.75 Å². The molecule has 1 fully saturated rings. The van der Waals surface area contributed by atoms with Crippen molar-refractivity contribution >= 4 is 0 Å². The number of piperidine rings is 1. The zero-order valence-corrected chi connectivity index (χ0v) is 10.6. The molecular formula is C14H17N3O2. The van der Waals surface area contributed by atoms with Crippen LogP contribution in [0.25, 0.3) is 0 Å². The molecule has 19 heavy (non-hydrogen) atoms. The number of ether oxygens (including phenoxy) is 1. The Hall–Kier alpha value is -2.01. The minimum Gasteiger partial charge on any atom is -0.508 e.